The lowest BCUT2D eigenvalue weighted by molar-refractivity contribution is -0.182. The van der Waals surface area contributed by atoms with Crippen molar-refractivity contribution in [3.05, 3.63) is 103 Å². The van der Waals surface area contributed by atoms with Gasteiger partial charge in [0.2, 0.25) is 0 Å². The number of esters is 1. The molecule has 2 aromatic rings. The molecule has 4 unspecified atom stereocenters. The van der Waals surface area contributed by atoms with Gasteiger partial charge < -0.3 is 19.3 Å². The number of benzene rings is 2. The van der Waals surface area contributed by atoms with Gasteiger partial charge in [0.15, 0.2) is 0 Å². The summed E-state index contributed by atoms with van der Waals surface area (Å²) in [6.45, 7) is 3.26. The van der Waals surface area contributed by atoms with E-state index in [-0.39, 0.29) is 19.6 Å². The van der Waals surface area contributed by atoms with Gasteiger partial charge in [-0.05, 0) is 53.9 Å². The maximum absolute atomic E-state index is 13.6. The summed E-state index contributed by atoms with van der Waals surface area (Å²) in [5.41, 5.74) is 29.5. The lowest BCUT2D eigenvalue weighted by Gasteiger charge is -2.49. The van der Waals surface area contributed by atoms with E-state index in [0.717, 1.165) is 18.1 Å². The van der Waals surface area contributed by atoms with E-state index >= 15 is 0 Å². The second-order valence-electron chi connectivity index (χ2n) is 11.3. The van der Waals surface area contributed by atoms with E-state index < -0.39 is 66.6 Å². The molecule has 1 aliphatic carbocycles. The molecule has 16 nitrogen and oxygen atoms in total. The summed E-state index contributed by atoms with van der Waals surface area (Å²) in [6.07, 6.45) is -4.29. The number of hydrogen-bond donors (Lipinski definition) is 1. The minimum absolute atomic E-state index is 0.0528. The zero-order valence-corrected chi connectivity index (χ0v) is 25.5. The van der Waals surface area contributed by atoms with Gasteiger partial charge in [0, 0.05) is 40.2 Å². The standard InChI is InChI=1S/C30H36N10O6/c1-18(40(16-20-9-5-3-6-10-20)30(43)44-17-21-11-7-4-8-12-21)25-14-13-22(34-37-31)28(46-25)26-23(35-38-32)15-24(36-39-33)29(27(26)42)45-19(2)41/h3-12,18,22-29,42H,13-17H2,1-2H3/t18-,22?,23?,24?,25-,26?,27-,28-,29-/m0/s1. The first-order valence-electron chi connectivity index (χ1n) is 14.9. The molecule has 0 aromatic heterocycles. The number of hydrogen-bond acceptors (Lipinski definition) is 9. The molecule has 2 fully saturated rings. The van der Waals surface area contributed by atoms with Crippen LogP contribution in [-0.2, 0) is 32.2 Å². The van der Waals surface area contributed by atoms with Gasteiger partial charge >= 0.3 is 12.1 Å². The van der Waals surface area contributed by atoms with E-state index in [1.54, 1.807) is 4.90 Å². The largest absolute Gasteiger partial charge is 0.459 e. The molecule has 16 heteroatoms. The fraction of sp³-hybridized carbons (Fsp3) is 0.533. The molecule has 1 saturated heterocycles. The number of nitrogens with zero attached hydrogens (tertiary/aromatic N) is 10. The first-order valence-corrected chi connectivity index (χ1v) is 14.9. The van der Waals surface area contributed by atoms with E-state index in [0.29, 0.717) is 12.8 Å². The second kappa shape index (κ2) is 16.4. The Labute approximate surface area is 265 Å². The molecule has 46 heavy (non-hydrogen) atoms. The van der Waals surface area contributed by atoms with Crippen LogP contribution >= 0.6 is 0 Å². The summed E-state index contributed by atoms with van der Waals surface area (Å²) in [6, 6.07) is 15.4. The van der Waals surface area contributed by atoms with Gasteiger partial charge in [-0.3, -0.25) is 9.69 Å². The van der Waals surface area contributed by atoms with Crippen molar-refractivity contribution in [2.24, 2.45) is 21.3 Å². The summed E-state index contributed by atoms with van der Waals surface area (Å²) < 4.78 is 17.7. The third-order valence-corrected chi connectivity index (χ3v) is 8.44. The first kappa shape index (κ1) is 33.9. The van der Waals surface area contributed by atoms with Gasteiger partial charge in [0.25, 0.3) is 0 Å². The van der Waals surface area contributed by atoms with Crippen molar-refractivity contribution in [3.8, 4) is 0 Å². The smallest absolute Gasteiger partial charge is 0.410 e. The topological polar surface area (TPSA) is 232 Å². The fourth-order valence-electron chi connectivity index (χ4n) is 6.25. The molecule has 1 amide bonds. The number of azide groups is 3. The molecular formula is C30H36N10O6. The molecule has 0 spiro atoms. The van der Waals surface area contributed by atoms with Crippen LogP contribution in [0.2, 0.25) is 0 Å². The van der Waals surface area contributed by atoms with Crippen LogP contribution in [0.5, 0.6) is 0 Å². The number of ether oxygens (including phenoxy) is 3. The molecule has 1 N–H and O–H groups in total. The Kier molecular flexibility index (Phi) is 12.1. The Morgan fingerprint density at radius 1 is 0.935 bits per heavy atom. The van der Waals surface area contributed by atoms with Gasteiger partial charge in [-0.15, -0.1) is 0 Å². The lowest BCUT2D eigenvalue weighted by atomic mass is 9.72. The van der Waals surface area contributed by atoms with E-state index in [4.69, 9.17) is 19.7 Å². The highest BCUT2D eigenvalue weighted by atomic mass is 16.6. The maximum atomic E-state index is 13.6. The molecule has 2 aromatic carbocycles. The predicted molar refractivity (Wildman–Crippen MR) is 164 cm³/mol. The van der Waals surface area contributed by atoms with E-state index in [2.05, 4.69) is 30.1 Å². The Morgan fingerprint density at radius 3 is 2.13 bits per heavy atom. The van der Waals surface area contributed by atoms with Crippen LogP contribution in [0.3, 0.4) is 0 Å². The van der Waals surface area contributed by atoms with Crippen molar-refractivity contribution in [3.63, 3.8) is 0 Å². The molecule has 2 aliphatic rings. The van der Waals surface area contributed by atoms with Crippen LogP contribution in [-0.4, -0.2) is 70.7 Å². The monoisotopic (exact) mass is 632 g/mol. The third kappa shape index (κ3) is 8.39. The quantitative estimate of drug-likeness (QED) is 0.133. The van der Waals surface area contributed by atoms with E-state index in [1.165, 1.54) is 0 Å². The molecule has 4 rings (SSSR count). The van der Waals surface area contributed by atoms with Gasteiger partial charge in [-0.1, -0.05) is 76.0 Å². The van der Waals surface area contributed by atoms with Crippen LogP contribution in [0, 0.1) is 5.92 Å². The lowest BCUT2D eigenvalue weighted by Crippen LogP contribution is -2.61. The summed E-state index contributed by atoms with van der Waals surface area (Å²) >= 11 is 0. The highest BCUT2D eigenvalue weighted by Gasteiger charge is 2.52. The Bertz CT molecular complexity index is 1480. The molecule has 242 valence electrons. The Hall–Kier alpha value is -4.97. The fourth-order valence-corrected chi connectivity index (χ4v) is 6.25. The minimum Gasteiger partial charge on any atom is -0.459 e. The molecule has 0 bridgehead atoms. The van der Waals surface area contributed by atoms with E-state index in [1.807, 2.05) is 67.6 Å². The van der Waals surface area contributed by atoms with Gasteiger partial charge in [-0.25, -0.2) is 4.79 Å². The van der Waals surface area contributed by atoms with Gasteiger partial charge in [0.05, 0.1) is 36.4 Å². The number of carbonyl (C=O) groups is 2. The third-order valence-electron chi connectivity index (χ3n) is 8.44. The van der Waals surface area contributed by atoms with Crippen LogP contribution in [0.1, 0.15) is 44.2 Å². The van der Waals surface area contributed by atoms with E-state index in [9.17, 15) is 25.8 Å². The van der Waals surface area contributed by atoms with Crippen molar-refractivity contribution in [1.82, 2.24) is 4.90 Å². The zero-order chi connectivity index (χ0) is 33.1. The highest BCUT2D eigenvalue weighted by molar-refractivity contribution is 5.68. The summed E-state index contributed by atoms with van der Waals surface area (Å²) in [5.74, 6) is -1.72. The van der Waals surface area contributed by atoms with Gasteiger partial charge in [-0.2, -0.15) is 0 Å². The SMILES string of the molecule is CC(=O)O[C@H]1C(N=[N+]=[N-])CC(N=[N+]=[N-])C([C@H]2O[C@H]([C@H](C)N(Cc3ccccc3)C(=O)OCc3ccccc3)CCC2N=[N+]=[N-])[C@@H]1O. The van der Waals surface area contributed by atoms with Crippen molar-refractivity contribution < 1.29 is 28.9 Å². The summed E-state index contributed by atoms with van der Waals surface area (Å²) in [4.78, 5) is 35.8. The second-order valence-corrected chi connectivity index (χ2v) is 11.3. The van der Waals surface area contributed by atoms with Crippen molar-refractivity contribution in [2.75, 3.05) is 0 Å². The Morgan fingerprint density at radius 2 is 1.52 bits per heavy atom. The van der Waals surface area contributed by atoms with Crippen molar-refractivity contribution in [2.45, 2.75) is 94.8 Å². The molecule has 0 radical (unpaired) electrons. The average molecular weight is 633 g/mol. The van der Waals surface area contributed by atoms with Crippen molar-refractivity contribution in [1.29, 1.82) is 0 Å². The van der Waals surface area contributed by atoms with Crippen molar-refractivity contribution >= 4 is 12.1 Å². The molecule has 1 heterocycles. The van der Waals surface area contributed by atoms with Crippen LogP contribution in [0.4, 0.5) is 4.79 Å². The average Bonchev–Trinajstić information content (AvgIpc) is 3.05. The zero-order valence-electron chi connectivity index (χ0n) is 25.5. The number of amides is 1. The predicted octanol–water partition coefficient (Wildman–Crippen LogP) is 6.11. The molecule has 9 atom stereocenters. The highest BCUT2D eigenvalue weighted by Crippen LogP contribution is 2.40. The number of carbonyl (C=O) groups excluding carboxylic acids is 2. The first-order chi connectivity index (χ1) is 22.3. The summed E-state index contributed by atoms with van der Waals surface area (Å²) in [5, 5.41) is 23.0. The van der Waals surface area contributed by atoms with Crippen LogP contribution < -0.4 is 0 Å². The molecular weight excluding hydrogens is 596 g/mol. The van der Waals surface area contributed by atoms with Gasteiger partial charge in [0.1, 0.15) is 12.7 Å². The Balaban J connectivity index is 1.64. The maximum Gasteiger partial charge on any atom is 0.410 e. The minimum atomic E-state index is -1.50. The van der Waals surface area contributed by atoms with Crippen LogP contribution in [0.15, 0.2) is 76.0 Å². The molecule has 1 aliphatic heterocycles. The number of aliphatic hydroxyl groups excluding tert-OH is 1. The summed E-state index contributed by atoms with van der Waals surface area (Å²) in [7, 11) is 0. The number of rotatable bonds is 11. The number of aliphatic hydroxyl groups is 1. The van der Waals surface area contributed by atoms with Crippen LogP contribution in [0.25, 0.3) is 31.3 Å². The normalized spacial score (nSPS) is 27.8. The molecule has 1 saturated carbocycles.